The molecule has 2 unspecified atom stereocenters. The molecular formula is C9H10FNO4. The van der Waals surface area contributed by atoms with E-state index in [9.17, 15) is 14.3 Å². The van der Waals surface area contributed by atoms with Gasteiger partial charge in [0.1, 0.15) is 17.7 Å². The van der Waals surface area contributed by atoms with E-state index in [2.05, 4.69) is 0 Å². The Labute approximate surface area is 84.6 Å². The highest BCUT2D eigenvalue weighted by Gasteiger charge is 2.24. The van der Waals surface area contributed by atoms with Crippen molar-refractivity contribution in [2.75, 3.05) is 0 Å². The Balaban J connectivity index is 3.00. The molecule has 0 radical (unpaired) electrons. The number of benzene rings is 1. The summed E-state index contributed by atoms with van der Waals surface area (Å²) in [6.45, 7) is 0. The molecule has 0 aliphatic heterocycles. The third-order valence-corrected chi connectivity index (χ3v) is 1.84. The van der Waals surface area contributed by atoms with Gasteiger partial charge in [-0.3, -0.25) is 4.79 Å². The zero-order valence-corrected chi connectivity index (χ0v) is 7.59. The van der Waals surface area contributed by atoms with Gasteiger partial charge in [-0.1, -0.05) is 0 Å². The van der Waals surface area contributed by atoms with Gasteiger partial charge in [0.15, 0.2) is 6.10 Å². The molecule has 0 fully saturated rings. The summed E-state index contributed by atoms with van der Waals surface area (Å²) in [5.74, 6) is -2.34. The second kappa shape index (κ2) is 4.24. The van der Waals surface area contributed by atoms with E-state index in [1.807, 2.05) is 0 Å². The van der Waals surface area contributed by atoms with Gasteiger partial charge in [-0.2, -0.15) is 0 Å². The molecule has 6 heteroatoms. The highest BCUT2D eigenvalue weighted by atomic mass is 19.1. The zero-order chi connectivity index (χ0) is 11.6. The molecule has 0 heterocycles. The summed E-state index contributed by atoms with van der Waals surface area (Å²) in [5.41, 5.74) is 4.62. The number of amides is 1. The van der Waals surface area contributed by atoms with Crippen LogP contribution in [0.25, 0.3) is 0 Å². The molecule has 0 saturated carbocycles. The Hall–Kier alpha value is -1.66. The maximum atomic E-state index is 12.8. The van der Waals surface area contributed by atoms with E-state index in [1.165, 1.54) is 0 Å². The van der Waals surface area contributed by atoms with Crippen molar-refractivity contribution in [1.29, 1.82) is 0 Å². The molecule has 5 N–H and O–H groups in total. The molecule has 0 spiro atoms. The molecule has 2 atom stereocenters. The van der Waals surface area contributed by atoms with Crippen LogP contribution in [0.4, 0.5) is 4.39 Å². The average Bonchev–Trinajstić information content (AvgIpc) is 2.13. The second-order valence-electron chi connectivity index (χ2n) is 3.03. The van der Waals surface area contributed by atoms with Crippen molar-refractivity contribution in [1.82, 2.24) is 0 Å². The molecular weight excluding hydrogens is 205 g/mol. The van der Waals surface area contributed by atoms with Crippen molar-refractivity contribution in [3.05, 3.63) is 29.6 Å². The lowest BCUT2D eigenvalue weighted by atomic mass is 10.0. The number of aliphatic hydroxyl groups excluding tert-OH is 2. The number of carbonyl (C=O) groups excluding carboxylic acids is 1. The van der Waals surface area contributed by atoms with Crippen LogP contribution >= 0.6 is 0 Å². The van der Waals surface area contributed by atoms with Gasteiger partial charge in [0.2, 0.25) is 5.91 Å². The van der Waals surface area contributed by atoms with Gasteiger partial charge in [0, 0.05) is 6.07 Å². The topological polar surface area (TPSA) is 104 Å². The zero-order valence-electron chi connectivity index (χ0n) is 7.59. The lowest BCUT2D eigenvalue weighted by Gasteiger charge is -2.15. The third kappa shape index (κ3) is 2.64. The van der Waals surface area contributed by atoms with E-state index >= 15 is 0 Å². The monoisotopic (exact) mass is 215 g/mol. The lowest BCUT2D eigenvalue weighted by molar-refractivity contribution is -0.132. The minimum absolute atomic E-state index is 0.126. The number of aromatic hydroxyl groups is 1. The fourth-order valence-electron chi connectivity index (χ4n) is 1.10. The van der Waals surface area contributed by atoms with Gasteiger partial charge in [0.05, 0.1) is 0 Å². The van der Waals surface area contributed by atoms with Gasteiger partial charge in [-0.15, -0.1) is 0 Å². The van der Waals surface area contributed by atoms with E-state index in [0.29, 0.717) is 0 Å². The van der Waals surface area contributed by atoms with Gasteiger partial charge >= 0.3 is 0 Å². The van der Waals surface area contributed by atoms with Crippen LogP contribution < -0.4 is 5.73 Å². The summed E-state index contributed by atoms with van der Waals surface area (Å²) in [4.78, 5) is 10.5. The number of hydrogen-bond donors (Lipinski definition) is 4. The number of aliphatic hydroxyl groups is 2. The molecule has 1 rings (SSSR count). The number of halogens is 1. The Bertz CT molecular complexity index is 362. The molecule has 82 valence electrons. The van der Waals surface area contributed by atoms with Crippen molar-refractivity contribution in [2.45, 2.75) is 12.2 Å². The summed E-state index contributed by atoms with van der Waals surface area (Å²) in [5, 5.41) is 27.5. The van der Waals surface area contributed by atoms with Crippen LogP contribution in [0.5, 0.6) is 5.75 Å². The predicted octanol–water partition coefficient (Wildman–Crippen LogP) is -0.589. The summed E-state index contributed by atoms with van der Waals surface area (Å²) in [6, 6.07) is 2.74. The predicted molar refractivity (Wildman–Crippen MR) is 48.2 cm³/mol. The van der Waals surface area contributed by atoms with Gasteiger partial charge in [-0.05, 0) is 17.7 Å². The standard InChI is InChI=1S/C9H10FNO4/c10-5-1-4(2-6(12)3-5)7(13)8(14)9(11)15/h1-3,7-8,12-14H,(H2,11,15). The van der Waals surface area contributed by atoms with Crippen LogP contribution in [0.3, 0.4) is 0 Å². The molecule has 1 aromatic carbocycles. The quantitative estimate of drug-likeness (QED) is 0.541. The van der Waals surface area contributed by atoms with E-state index in [-0.39, 0.29) is 5.56 Å². The van der Waals surface area contributed by atoms with Crippen LogP contribution in [0.1, 0.15) is 11.7 Å². The number of phenolic OH excluding ortho intramolecular Hbond substituents is 1. The maximum Gasteiger partial charge on any atom is 0.249 e. The Morgan fingerprint density at radius 1 is 1.33 bits per heavy atom. The number of nitrogens with two attached hydrogens (primary N) is 1. The van der Waals surface area contributed by atoms with Crippen molar-refractivity contribution in [2.24, 2.45) is 5.73 Å². The van der Waals surface area contributed by atoms with Crippen molar-refractivity contribution < 1.29 is 24.5 Å². The first kappa shape index (κ1) is 11.4. The van der Waals surface area contributed by atoms with E-state index in [4.69, 9.17) is 15.9 Å². The van der Waals surface area contributed by atoms with E-state index in [0.717, 1.165) is 18.2 Å². The van der Waals surface area contributed by atoms with Crippen LogP contribution in [-0.2, 0) is 4.79 Å². The molecule has 0 aliphatic carbocycles. The molecule has 1 aromatic rings. The SMILES string of the molecule is NC(=O)C(O)C(O)c1cc(O)cc(F)c1. The van der Waals surface area contributed by atoms with Crippen LogP contribution in [0.15, 0.2) is 18.2 Å². The number of rotatable bonds is 3. The molecule has 0 aliphatic rings. The smallest absolute Gasteiger partial charge is 0.249 e. The fourth-order valence-corrected chi connectivity index (χ4v) is 1.10. The number of primary amides is 1. The first-order valence-electron chi connectivity index (χ1n) is 4.06. The lowest BCUT2D eigenvalue weighted by Crippen LogP contribution is -2.33. The second-order valence-corrected chi connectivity index (χ2v) is 3.03. The maximum absolute atomic E-state index is 12.8. The minimum atomic E-state index is -1.84. The largest absolute Gasteiger partial charge is 0.508 e. The Morgan fingerprint density at radius 2 is 1.93 bits per heavy atom. The third-order valence-electron chi connectivity index (χ3n) is 1.84. The van der Waals surface area contributed by atoms with Crippen LogP contribution in [0.2, 0.25) is 0 Å². The van der Waals surface area contributed by atoms with Crippen LogP contribution in [-0.4, -0.2) is 27.3 Å². The Kier molecular flexibility index (Phi) is 3.23. The average molecular weight is 215 g/mol. The first-order valence-corrected chi connectivity index (χ1v) is 4.06. The summed E-state index contributed by atoms with van der Waals surface area (Å²) >= 11 is 0. The van der Waals surface area contributed by atoms with Gasteiger partial charge in [0.25, 0.3) is 0 Å². The minimum Gasteiger partial charge on any atom is -0.508 e. The normalized spacial score (nSPS) is 14.6. The van der Waals surface area contributed by atoms with Gasteiger partial charge in [-0.25, -0.2) is 4.39 Å². The Morgan fingerprint density at radius 3 is 2.40 bits per heavy atom. The van der Waals surface area contributed by atoms with Crippen LogP contribution in [0, 0.1) is 5.82 Å². The molecule has 0 saturated heterocycles. The summed E-state index contributed by atoms with van der Waals surface area (Å²) in [7, 11) is 0. The molecule has 0 aromatic heterocycles. The highest BCUT2D eigenvalue weighted by molar-refractivity contribution is 5.79. The van der Waals surface area contributed by atoms with Crippen molar-refractivity contribution >= 4 is 5.91 Å². The van der Waals surface area contributed by atoms with E-state index < -0.39 is 29.7 Å². The molecule has 0 bridgehead atoms. The van der Waals surface area contributed by atoms with E-state index in [1.54, 1.807) is 0 Å². The first-order chi connectivity index (χ1) is 6.91. The molecule has 5 nitrogen and oxygen atoms in total. The fraction of sp³-hybridized carbons (Fsp3) is 0.222. The molecule has 1 amide bonds. The number of hydrogen-bond acceptors (Lipinski definition) is 4. The van der Waals surface area contributed by atoms with Crippen molar-refractivity contribution in [3.8, 4) is 5.75 Å². The van der Waals surface area contributed by atoms with Gasteiger partial charge < -0.3 is 21.1 Å². The molecule has 15 heavy (non-hydrogen) atoms. The van der Waals surface area contributed by atoms with Crippen molar-refractivity contribution in [3.63, 3.8) is 0 Å². The number of phenols is 1. The summed E-state index contributed by atoms with van der Waals surface area (Å²) in [6.07, 6.45) is -3.50. The summed E-state index contributed by atoms with van der Waals surface area (Å²) < 4.78 is 12.8. The number of carbonyl (C=O) groups is 1. The highest BCUT2D eigenvalue weighted by Crippen LogP contribution is 2.22.